The summed E-state index contributed by atoms with van der Waals surface area (Å²) in [5.74, 6) is -2.07. The first-order valence-corrected chi connectivity index (χ1v) is 10.0. The number of benzene rings is 1. The van der Waals surface area contributed by atoms with Gasteiger partial charge < -0.3 is 14.9 Å². The standard InChI is InChI=1S/C20H22N2O6S/c1-20(2,3)27-19(26)21-14(18(25)28-22-16(23)8-9-17(22)24)10-12-11-29-15-7-5-4-6-13(12)15/h4-7,11,14H,8-10H2,1-3H3,(H,21,26)/t14-/m0/s1. The molecule has 9 heteroatoms. The van der Waals surface area contributed by atoms with E-state index < -0.39 is 35.5 Å². The predicted octanol–water partition coefficient (Wildman–Crippen LogP) is 2.94. The highest BCUT2D eigenvalue weighted by atomic mass is 32.1. The van der Waals surface area contributed by atoms with E-state index in [1.54, 1.807) is 20.8 Å². The van der Waals surface area contributed by atoms with E-state index >= 15 is 0 Å². The smallest absolute Gasteiger partial charge is 0.408 e. The maximum atomic E-state index is 12.7. The Morgan fingerprint density at radius 2 is 1.83 bits per heavy atom. The number of nitrogens with zero attached hydrogens (tertiary/aromatic N) is 1. The number of rotatable bonds is 5. The normalized spacial score (nSPS) is 15.5. The van der Waals surface area contributed by atoms with E-state index in [0.29, 0.717) is 5.06 Å². The number of hydroxylamine groups is 2. The molecule has 1 aliphatic heterocycles. The van der Waals surface area contributed by atoms with Gasteiger partial charge in [0.1, 0.15) is 11.6 Å². The minimum Gasteiger partial charge on any atom is -0.444 e. The van der Waals surface area contributed by atoms with E-state index in [0.717, 1.165) is 15.6 Å². The SMILES string of the molecule is CC(C)(C)OC(=O)N[C@@H](Cc1csc2ccccc12)C(=O)ON1C(=O)CCC1=O. The molecule has 1 atom stereocenters. The summed E-state index contributed by atoms with van der Waals surface area (Å²) < 4.78 is 6.27. The van der Waals surface area contributed by atoms with E-state index in [2.05, 4.69) is 5.32 Å². The summed E-state index contributed by atoms with van der Waals surface area (Å²) in [6.07, 6.45) is -0.687. The molecule has 0 aliphatic carbocycles. The molecular weight excluding hydrogens is 396 g/mol. The number of hydrogen-bond donors (Lipinski definition) is 1. The summed E-state index contributed by atoms with van der Waals surface area (Å²) >= 11 is 1.52. The first-order valence-electron chi connectivity index (χ1n) is 9.16. The van der Waals surface area contributed by atoms with Crippen molar-refractivity contribution in [3.8, 4) is 0 Å². The van der Waals surface area contributed by atoms with Gasteiger partial charge in [0.05, 0.1) is 0 Å². The Balaban J connectivity index is 1.80. The summed E-state index contributed by atoms with van der Waals surface area (Å²) in [4.78, 5) is 53.5. The lowest BCUT2D eigenvalue weighted by Crippen LogP contribution is -2.47. The first-order chi connectivity index (χ1) is 13.6. The Kier molecular flexibility index (Phi) is 5.88. The summed E-state index contributed by atoms with van der Waals surface area (Å²) in [5, 5.41) is 5.82. The van der Waals surface area contributed by atoms with Crippen LogP contribution >= 0.6 is 11.3 Å². The summed E-state index contributed by atoms with van der Waals surface area (Å²) in [5.41, 5.74) is 0.0804. The molecule has 0 spiro atoms. The number of fused-ring (bicyclic) bond motifs is 1. The molecule has 8 nitrogen and oxygen atoms in total. The fraction of sp³-hybridized carbons (Fsp3) is 0.400. The highest BCUT2D eigenvalue weighted by Crippen LogP contribution is 2.27. The molecule has 0 radical (unpaired) electrons. The maximum absolute atomic E-state index is 12.7. The molecule has 0 saturated carbocycles. The number of amides is 3. The number of carbonyl (C=O) groups excluding carboxylic acids is 4. The number of carbonyl (C=O) groups is 4. The number of ether oxygens (including phenoxy) is 1. The molecule has 1 N–H and O–H groups in total. The van der Waals surface area contributed by atoms with Crippen LogP contribution < -0.4 is 5.32 Å². The monoisotopic (exact) mass is 418 g/mol. The molecule has 1 aromatic carbocycles. The quantitative estimate of drug-likeness (QED) is 0.749. The zero-order valence-corrected chi connectivity index (χ0v) is 17.2. The van der Waals surface area contributed by atoms with Crippen LogP contribution in [-0.4, -0.2) is 40.6 Å². The Hall–Kier alpha value is -2.94. The van der Waals surface area contributed by atoms with Gasteiger partial charge in [0.25, 0.3) is 11.8 Å². The highest BCUT2D eigenvalue weighted by molar-refractivity contribution is 7.17. The van der Waals surface area contributed by atoms with Crippen molar-refractivity contribution < 1.29 is 28.8 Å². The summed E-state index contributed by atoms with van der Waals surface area (Å²) in [6, 6.07) is 6.54. The number of hydrogen-bond acceptors (Lipinski definition) is 7. The second-order valence-corrected chi connectivity index (χ2v) is 8.56. The van der Waals surface area contributed by atoms with Gasteiger partial charge in [-0.3, -0.25) is 9.59 Å². The topological polar surface area (TPSA) is 102 Å². The molecular formula is C20H22N2O6S. The second-order valence-electron chi connectivity index (χ2n) is 7.65. The summed E-state index contributed by atoms with van der Waals surface area (Å²) in [7, 11) is 0. The summed E-state index contributed by atoms with van der Waals surface area (Å²) in [6.45, 7) is 5.11. The van der Waals surface area contributed by atoms with Crippen LogP contribution in [0.5, 0.6) is 0 Å². The maximum Gasteiger partial charge on any atom is 0.408 e. The molecule has 2 aromatic rings. The van der Waals surface area contributed by atoms with Gasteiger partial charge in [-0.05, 0) is 43.2 Å². The van der Waals surface area contributed by atoms with Crippen molar-refractivity contribution in [2.75, 3.05) is 0 Å². The average molecular weight is 418 g/mol. The van der Waals surface area contributed by atoms with Crippen LogP contribution in [0.25, 0.3) is 10.1 Å². The highest BCUT2D eigenvalue weighted by Gasteiger charge is 2.36. The number of thiophene rings is 1. The van der Waals surface area contributed by atoms with E-state index in [-0.39, 0.29) is 19.3 Å². The van der Waals surface area contributed by atoms with Gasteiger partial charge in [-0.1, -0.05) is 18.2 Å². The van der Waals surface area contributed by atoms with Crippen molar-refractivity contribution in [2.24, 2.45) is 0 Å². The minimum atomic E-state index is -1.14. The Morgan fingerprint density at radius 1 is 1.17 bits per heavy atom. The molecule has 154 valence electrons. The molecule has 1 fully saturated rings. The zero-order chi connectivity index (χ0) is 21.2. The van der Waals surface area contributed by atoms with Gasteiger partial charge in [0, 0.05) is 24.0 Å². The molecule has 0 unspecified atom stereocenters. The van der Waals surface area contributed by atoms with E-state index in [1.807, 2.05) is 29.6 Å². The molecule has 2 heterocycles. The van der Waals surface area contributed by atoms with Crippen LogP contribution in [0.2, 0.25) is 0 Å². The third kappa shape index (κ3) is 5.11. The third-order valence-electron chi connectivity index (χ3n) is 4.15. The Morgan fingerprint density at radius 3 is 2.48 bits per heavy atom. The van der Waals surface area contributed by atoms with Crippen molar-refractivity contribution in [3.05, 3.63) is 35.2 Å². The molecule has 1 saturated heterocycles. The predicted molar refractivity (Wildman–Crippen MR) is 106 cm³/mol. The second kappa shape index (κ2) is 8.20. The fourth-order valence-corrected chi connectivity index (χ4v) is 3.84. The molecule has 29 heavy (non-hydrogen) atoms. The van der Waals surface area contributed by atoms with Crippen LogP contribution in [0.15, 0.2) is 29.6 Å². The Bertz CT molecular complexity index is 945. The molecule has 1 aromatic heterocycles. The lowest BCUT2D eigenvalue weighted by Gasteiger charge is -2.23. The number of nitrogens with one attached hydrogen (secondary N) is 1. The molecule has 3 rings (SSSR count). The van der Waals surface area contributed by atoms with Crippen LogP contribution in [0.3, 0.4) is 0 Å². The van der Waals surface area contributed by atoms with Crippen molar-refractivity contribution in [1.29, 1.82) is 0 Å². The average Bonchev–Trinajstić information content (AvgIpc) is 3.18. The van der Waals surface area contributed by atoms with Crippen LogP contribution in [0.1, 0.15) is 39.2 Å². The van der Waals surface area contributed by atoms with Crippen molar-refractivity contribution >= 4 is 45.3 Å². The van der Waals surface area contributed by atoms with Gasteiger partial charge in [-0.25, -0.2) is 9.59 Å². The first kappa shape index (κ1) is 20.8. The van der Waals surface area contributed by atoms with Gasteiger partial charge in [-0.15, -0.1) is 16.4 Å². The van der Waals surface area contributed by atoms with E-state index in [4.69, 9.17) is 9.57 Å². The molecule has 3 amide bonds. The van der Waals surface area contributed by atoms with Crippen molar-refractivity contribution in [3.63, 3.8) is 0 Å². The van der Waals surface area contributed by atoms with Crippen molar-refractivity contribution in [1.82, 2.24) is 10.4 Å². The van der Waals surface area contributed by atoms with Gasteiger partial charge in [-0.2, -0.15) is 0 Å². The lowest BCUT2D eigenvalue weighted by molar-refractivity contribution is -0.198. The van der Waals surface area contributed by atoms with Crippen LogP contribution in [-0.2, 0) is 30.4 Å². The molecule has 1 aliphatic rings. The van der Waals surface area contributed by atoms with E-state index in [1.165, 1.54) is 11.3 Å². The van der Waals surface area contributed by atoms with Gasteiger partial charge >= 0.3 is 12.1 Å². The Labute approximate surface area is 171 Å². The van der Waals surface area contributed by atoms with Crippen LogP contribution in [0, 0.1) is 0 Å². The van der Waals surface area contributed by atoms with E-state index in [9.17, 15) is 19.2 Å². The lowest BCUT2D eigenvalue weighted by atomic mass is 10.1. The van der Waals surface area contributed by atoms with Crippen LogP contribution in [0.4, 0.5) is 4.79 Å². The zero-order valence-electron chi connectivity index (χ0n) is 16.4. The third-order valence-corrected chi connectivity index (χ3v) is 5.16. The minimum absolute atomic E-state index is 0.00849. The molecule has 0 bridgehead atoms. The fourth-order valence-electron chi connectivity index (χ4n) is 2.87. The largest absolute Gasteiger partial charge is 0.444 e. The number of alkyl carbamates (subject to hydrolysis) is 1. The van der Waals surface area contributed by atoms with Gasteiger partial charge in [0.2, 0.25) is 0 Å². The van der Waals surface area contributed by atoms with Crippen molar-refractivity contribution in [2.45, 2.75) is 51.7 Å². The number of imide groups is 1. The van der Waals surface area contributed by atoms with Gasteiger partial charge in [0.15, 0.2) is 0 Å².